The van der Waals surface area contributed by atoms with E-state index in [0.29, 0.717) is 22.3 Å². The number of halogens is 2. The fourth-order valence-corrected chi connectivity index (χ4v) is 2.88. The molecule has 0 amide bonds. The van der Waals surface area contributed by atoms with Crippen LogP contribution in [0, 0.1) is 11.3 Å². The predicted molar refractivity (Wildman–Crippen MR) is 103 cm³/mol. The van der Waals surface area contributed by atoms with Gasteiger partial charge in [0.2, 0.25) is 0 Å². The van der Waals surface area contributed by atoms with Crippen LogP contribution in [-0.4, -0.2) is 15.9 Å². The number of hydrogen-bond donors (Lipinski definition) is 1. The summed E-state index contributed by atoms with van der Waals surface area (Å²) in [6.07, 6.45) is -2.72. The first-order valence-electron chi connectivity index (χ1n) is 8.64. The van der Waals surface area contributed by atoms with Crippen molar-refractivity contribution in [2.45, 2.75) is 6.43 Å². The molecule has 1 N–H and O–H groups in total. The number of benzene rings is 3. The summed E-state index contributed by atoms with van der Waals surface area (Å²) in [7, 11) is 0. The summed E-state index contributed by atoms with van der Waals surface area (Å²) in [5, 5.41) is 8.86. The summed E-state index contributed by atoms with van der Waals surface area (Å²) in [4.78, 5) is 18.7. The second-order valence-corrected chi connectivity index (χ2v) is 6.26. The first kappa shape index (κ1) is 18.3. The van der Waals surface area contributed by atoms with E-state index in [1.54, 1.807) is 36.4 Å². The molecule has 1 aromatic heterocycles. The predicted octanol–water partition coefficient (Wildman–Crippen LogP) is 5.26. The maximum atomic E-state index is 12.7. The minimum atomic E-state index is -2.72. The van der Waals surface area contributed by atoms with Crippen LogP contribution in [0.5, 0.6) is 5.75 Å². The molecule has 0 bridgehead atoms. The third kappa shape index (κ3) is 3.82. The molecule has 5 nitrogen and oxygen atoms in total. The highest BCUT2D eigenvalue weighted by Crippen LogP contribution is 2.24. The maximum Gasteiger partial charge on any atom is 0.343 e. The molecule has 0 aliphatic rings. The summed E-state index contributed by atoms with van der Waals surface area (Å²) in [6, 6.07) is 20.5. The van der Waals surface area contributed by atoms with Crippen molar-refractivity contribution in [2.75, 3.05) is 0 Å². The zero-order valence-electron chi connectivity index (χ0n) is 14.9. The number of imidazole rings is 1. The van der Waals surface area contributed by atoms with E-state index >= 15 is 0 Å². The van der Waals surface area contributed by atoms with E-state index in [-0.39, 0.29) is 5.56 Å². The lowest BCUT2D eigenvalue weighted by molar-refractivity contribution is 0.0735. The van der Waals surface area contributed by atoms with Crippen molar-refractivity contribution in [3.05, 3.63) is 83.7 Å². The van der Waals surface area contributed by atoms with Crippen molar-refractivity contribution in [3.8, 4) is 22.9 Å². The molecule has 0 saturated heterocycles. The van der Waals surface area contributed by atoms with Gasteiger partial charge in [0.1, 0.15) is 5.75 Å². The van der Waals surface area contributed by atoms with Gasteiger partial charge in [0.25, 0.3) is 6.43 Å². The van der Waals surface area contributed by atoms with Gasteiger partial charge in [-0.15, -0.1) is 0 Å². The molecule has 0 unspecified atom stereocenters. The monoisotopic (exact) mass is 389 g/mol. The number of aromatic nitrogens is 2. The number of nitrogens with one attached hydrogen (secondary N) is 1. The normalized spacial score (nSPS) is 10.8. The van der Waals surface area contributed by atoms with Crippen LogP contribution in [0.1, 0.15) is 28.2 Å². The van der Waals surface area contributed by atoms with Gasteiger partial charge in [-0.3, -0.25) is 0 Å². The number of aromatic amines is 1. The third-order valence-corrected chi connectivity index (χ3v) is 4.35. The Morgan fingerprint density at radius 1 is 1.00 bits per heavy atom. The van der Waals surface area contributed by atoms with Crippen LogP contribution in [0.3, 0.4) is 0 Å². The average Bonchev–Trinajstić information content (AvgIpc) is 3.18. The van der Waals surface area contributed by atoms with Gasteiger partial charge in [-0.2, -0.15) is 5.26 Å². The summed E-state index contributed by atoms with van der Waals surface area (Å²) < 4.78 is 30.9. The third-order valence-electron chi connectivity index (χ3n) is 4.35. The number of nitriles is 1. The first-order chi connectivity index (χ1) is 14.0. The minimum absolute atomic E-state index is 0.220. The van der Waals surface area contributed by atoms with E-state index in [0.717, 1.165) is 11.1 Å². The van der Waals surface area contributed by atoms with Crippen LogP contribution in [0.15, 0.2) is 66.7 Å². The summed E-state index contributed by atoms with van der Waals surface area (Å²) >= 11 is 0. The molecule has 142 valence electrons. The Morgan fingerprint density at radius 3 is 2.28 bits per heavy atom. The van der Waals surface area contributed by atoms with Crippen molar-refractivity contribution in [1.29, 1.82) is 5.26 Å². The summed E-state index contributed by atoms with van der Waals surface area (Å²) in [6.45, 7) is 0. The van der Waals surface area contributed by atoms with E-state index in [1.807, 2.05) is 12.1 Å². The van der Waals surface area contributed by atoms with Crippen LogP contribution in [0.4, 0.5) is 8.78 Å². The largest absolute Gasteiger partial charge is 0.423 e. The fraction of sp³-hybridized carbons (Fsp3) is 0.0455. The number of ether oxygens (including phenoxy) is 1. The number of carbonyl (C=O) groups excluding carboxylic acids is 1. The lowest BCUT2D eigenvalue weighted by Crippen LogP contribution is -2.08. The number of carbonyl (C=O) groups is 1. The maximum absolute atomic E-state index is 12.7. The Labute approximate surface area is 164 Å². The van der Waals surface area contributed by atoms with Crippen LogP contribution in [0.25, 0.3) is 22.2 Å². The second-order valence-electron chi connectivity index (χ2n) is 6.26. The number of hydrogen-bond acceptors (Lipinski definition) is 4. The van der Waals surface area contributed by atoms with Crippen molar-refractivity contribution < 1.29 is 18.3 Å². The highest BCUT2D eigenvalue weighted by Gasteiger charge is 2.15. The highest BCUT2D eigenvalue weighted by molar-refractivity contribution is 5.94. The van der Waals surface area contributed by atoms with E-state index in [9.17, 15) is 13.6 Å². The highest BCUT2D eigenvalue weighted by atomic mass is 19.3. The minimum Gasteiger partial charge on any atom is -0.423 e. The lowest BCUT2D eigenvalue weighted by atomic mass is 10.0. The Hall–Kier alpha value is -4.05. The molecule has 0 saturated carbocycles. The van der Waals surface area contributed by atoms with Crippen LogP contribution in [-0.2, 0) is 0 Å². The smallest absolute Gasteiger partial charge is 0.343 e. The lowest BCUT2D eigenvalue weighted by Gasteiger charge is -2.06. The van der Waals surface area contributed by atoms with E-state index in [1.165, 1.54) is 18.2 Å². The van der Waals surface area contributed by atoms with Gasteiger partial charge in [-0.05, 0) is 53.6 Å². The molecule has 1 heterocycles. The van der Waals surface area contributed by atoms with Crippen molar-refractivity contribution in [1.82, 2.24) is 9.97 Å². The van der Waals surface area contributed by atoms with E-state index in [2.05, 4.69) is 16.0 Å². The molecular weight excluding hydrogens is 376 g/mol. The summed E-state index contributed by atoms with van der Waals surface area (Å²) in [5.74, 6) is -0.694. The molecule has 7 heteroatoms. The second kappa shape index (κ2) is 7.52. The fourth-order valence-electron chi connectivity index (χ4n) is 2.88. The number of H-pyrrole nitrogens is 1. The van der Waals surface area contributed by atoms with Gasteiger partial charge in [0.15, 0.2) is 5.82 Å². The molecule has 4 rings (SSSR count). The molecule has 29 heavy (non-hydrogen) atoms. The molecular formula is C22H13F2N3O2. The first-order valence-corrected chi connectivity index (χ1v) is 8.64. The van der Waals surface area contributed by atoms with Crippen molar-refractivity contribution in [2.24, 2.45) is 0 Å². The average molecular weight is 389 g/mol. The number of esters is 1. The quantitative estimate of drug-likeness (QED) is 0.381. The molecule has 3 aromatic carbocycles. The number of alkyl halides is 2. The van der Waals surface area contributed by atoms with E-state index in [4.69, 9.17) is 10.00 Å². The standard InChI is InChI=1S/C22H13F2N3O2/c23-20(24)21-26-18-10-7-16(11-19(18)27-21)22(28)29-17-8-5-15(6-9-17)14-3-1-13(12-25)2-4-14/h1-11,20H,(H,26,27). The molecule has 4 aromatic rings. The van der Waals surface area contributed by atoms with Gasteiger partial charge in [-0.25, -0.2) is 18.6 Å². The Balaban J connectivity index is 1.50. The molecule has 0 aliphatic heterocycles. The molecule has 0 aliphatic carbocycles. The zero-order chi connectivity index (χ0) is 20.4. The van der Waals surface area contributed by atoms with Crippen LogP contribution < -0.4 is 4.74 Å². The van der Waals surface area contributed by atoms with Gasteiger partial charge in [0.05, 0.1) is 28.2 Å². The van der Waals surface area contributed by atoms with Crippen LogP contribution in [0.2, 0.25) is 0 Å². The SMILES string of the molecule is N#Cc1ccc(-c2ccc(OC(=O)c3ccc4nc(C(F)F)[nH]c4c3)cc2)cc1. The van der Waals surface area contributed by atoms with Gasteiger partial charge in [-0.1, -0.05) is 24.3 Å². The molecule has 0 radical (unpaired) electrons. The Morgan fingerprint density at radius 2 is 1.66 bits per heavy atom. The van der Waals surface area contributed by atoms with Crippen molar-refractivity contribution in [3.63, 3.8) is 0 Å². The molecule has 0 fully saturated rings. The molecule has 0 atom stereocenters. The van der Waals surface area contributed by atoms with Gasteiger partial charge < -0.3 is 9.72 Å². The Bertz CT molecular complexity index is 1220. The van der Waals surface area contributed by atoms with Gasteiger partial charge in [0, 0.05) is 0 Å². The summed E-state index contributed by atoms with van der Waals surface area (Å²) in [5.41, 5.74) is 3.33. The molecule has 0 spiro atoms. The topological polar surface area (TPSA) is 78.8 Å². The number of fused-ring (bicyclic) bond motifs is 1. The Kier molecular flexibility index (Phi) is 4.75. The number of rotatable bonds is 4. The number of nitrogens with zero attached hydrogens (tertiary/aromatic N) is 2. The van der Waals surface area contributed by atoms with E-state index < -0.39 is 18.2 Å². The van der Waals surface area contributed by atoms with Crippen LogP contribution >= 0.6 is 0 Å². The van der Waals surface area contributed by atoms with Crippen molar-refractivity contribution >= 4 is 17.0 Å². The van der Waals surface area contributed by atoms with Gasteiger partial charge >= 0.3 is 5.97 Å². The zero-order valence-corrected chi connectivity index (χ0v) is 14.9.